The van der Waals surface area contributed by atoms with E-state index in [1.807, 2.05) is 0 Å². The third-order valence-corrected chi connectivity index (χ3v) is 3.59. The zero-order valence-electron chi connectivity index (χ0n) is 12.5. The number of aliphatic imine (C=N–C) groups is 1. The summed E-state index contributed by atoms with van der Waals surface area (Å²) in [6.07, 6.45) is 5.24. The summed E-state index contributed by atoms with van der Waals surface area (Å²) in [5.41, 5.74) is 6.27. The zero-order chi connectivity index (χ0) is 13.6. The Morgan fingerprint density at radius 3 is 2.44 bits per heavy atom. The Morgan fingerprint density at radius 2 is 1.94 bits per heavy atom. The second kappa shape index (κ2) is 6.98. The SMILES string of the molecule is CC(C)CNC(N)=NCC1(CN(C)C)CCCC1. The second-order valence-electron chi connectivity index (χ2n) is 6.42. The molecule has 1 saturated carbocycles. The first-order valence-electron chi connectivity index (χ1n) is 7.12. The third kappa shape index (κ3) is 5.25. The van der Waals surface area contributed by atoms with Crippen LogP contribution in [0.2, 0.25) is 0 Å². The van der Waals surface area contributed by atoms with Crippen LogP contribution in [0.3, 0.4) is 0 Å². The van der Waals surface area contributed by atoms with Gasteiger partial charge in [0.05, 0.1) is 0 Å². The molecule has 0 amide bonds. The fraction of sp³-hybridized carbons (Fsp3) is 0.929. The summed E-state index contributed by atoms with van der Waals surface area (Å²) in [5, 5.41) is 3.19. The maximum Gasteiger partial charge on any atom is 0.188 e. The lowest BCUT2D eigenvalue weighted by Gasteiger charge is -2.30. The van der Waals surface area contributed by atoms with E-state index < -0.39 is 0 Å². The van der Waals surface area contributed by atoms with Crippen LogP contribution < -0.4 is 11.1 Å². The first kappa shape index (κ1) is 15.3. The summed E-state index contributed by atoms with van der Waals surface area (Å²) in [7, 11) is 4.29. The lowest BCUT2D eigenvalue weighted by molar-refractivity contribution is 0.210. The predicted octanol–water partition coefficient (Wildman–Crippen LogP) is 1.67. The Hall–Kier alpha value is -0.770. The molecule has 1 aliphatic carbocycles. The standard InChI is InChI=1S/C14H30N4/c1-12(2)9-16-13(15)17-10-14(11-18(3)4)7-5-6-8-14/h12H,5-11H2,1-4H3,(H3,15,16,17). The molecule has 0 bridgehead atoms. The minimum Gasteiger partial charge on any atom is -0.370 e. The lowest BCUT2D eigenvalue weighted by atomic mass is 9.86. The zero-order valence-corrected chi connectivity index (χ0v) is 12.5. The minimum absolute atomic E-state index is 0.355. The van der Waals surface area contributed by atoms with Crippen molar-refractivity contribution in [2.45, 2.75) is 39.5 Å². The molecule has 3 N–H and O–H groups in total. The van der Waals surface area contributed by atoms with Crippen LogP contribution in [-0.4, -0.2) is 44.6 Å². The topological polar surface area (TPSA) is 53.6 Å². The maximum atomic E-state index is 5.92. The van der Waals surface area contributed by atoms with Gasteiger partial charge in [0.1, 0.15) is 0 Å². The predicted molar refractivity (Wildman–Crippen MR) is 78.8 cm³/mol. The van der Waals surface area contributed by atoms with Gasteiger partial charge in [0.25, 0.3) is 0 Å². The van der Waals surface area contributed by atoms with E-state index in [4.69, 9.17) is 5.73 Å². The summed E-state index contributed by atoms with van der Waals surface area (Å²) < 4.78 is 0. The highest BCUT2D eigenvalue weighted by molar-refractivity contribution is 5.77. The van der Waals surface area contributed by atoms with Crippen molar-refractivity contribution in [2.24, 2.45) is 22.1 Å². The molecule has 0 aromatic carbocycles. The number of hydrogen-bond donors (Lipinski definition) is 2. The molecule has 106 valence electrons. The Balaban J connectivity index is 2.48. The van der Waals surface area contributed by atoms with E-state index in [2.05, 4.69) is 43.2 Å². The minimum atomic E-state index is 0.355. The van der Waals surface area contributed by atoms with Gasteiger partial charge in [-0.05, 0) is 32.9 Å². The molecule has 0 atom stereocenters. The average molecular weight is 254 g/mol. The van der Waals surface area contributed by atoms with E-state index in [0.29, 0.717) is 17.3 Å². The van der Waals surface area contributed by atoms with E-state index >= 15 is 0 Å². The quantitative estimate of drug-likeness (QED) is 0.560. The highest BCUT2D eigenvalue weighted by atomic mass is 15.1. The van der Waals surface area contributed by atoms with Gasteiger partial charge in [-0.25, -0.2) is 0 Å². The fourth-order valence-corrected chi connectivity index (χ4v) is 2.78. The molecule has 0 unspecified atom stereocenters. The molecular formula is C14H30N4. The van der Waals surface area contributed by atoms with Crippen molar-refractivity contribution in [3.05, 3.63) is 0 Å². The van der Waals surface area contributed by atoms with E-state index in [9.17, 15) is 0 Å². The third-order valence-electron chi connectivity index (χ3n) is 3.59. The first-order chi connectivity index (χ1) is 8.43. The molecular weight excluding hydrogens is 224 g/mol. The van der Waals surface area contributed by atoms with Gasteiger partial charge in [0, 0.05) is 25.0 Å². The van der Waals surface area contributed by atoms with Crippen LogP contribution in [0.4, 0.5) is 0 Å². The largest absolute Gasteiger partial charge is 0.370 e. The smallest absolute Gasteiger partial charge is 0.188 e. The summed E-state index contributed by atoms with van der Waals surface area (Å²) in [4.78, 5) is 6.84. The van der Waals surface area contributed by atoms with Crippen LogP contribution in [0.1, 0.15) is 39.5 Å². The van der Waals surface area contributed by atoms with Gasteiger partial charge in [-0.3, -0.25) is 4.99 Å². The van der Waals surface area contributed by atoms with Crippen molar-refractivity contribution in [3.8, 4) is 0 Å². The summed E-state index contributed by atoms with van der Waals surface area (Å²) in [6, 6.07) is 0. The maximum absolute atomic E-state index is 5.92. The molecule has 0 radical (unpaired) electrons. The van der Waals surface area contributed by atoms with Crippen LogP contribution in [0.5, 0.6) is 0 Å². The molecule has 0 aromatic rings. The Bertz CT molecular complexity index is 265. The highest BCUT2D eigenvalue weighted by Gasteiger charge is 2.34. The van der Waals surface area contributed by atoms with Crippen molar-refractivity contribution < 1.29 is 0 Å². The molecule has 4 heteroatoms. The van der Waals surface area contributed by atoms with Crippen molar-refractivity contribution >= 4 is 5.96 Å². The molecule has 0 heterocycles. The fourth-order valence-electron chi connectivity index (χ4n) is 2.78. The van der Waals surface area contributed by atoms with Gasteiger partial charge >= 0.3 is 0 Å². The van der Waals surface area contributed by atoms with Gasteiger partial charge in [-0.2, -0.15) is 0 Å². The Kier molecular flexibility index (Phi) is 5.93. The Morgan fingerprint density at radius 1 is 1.33 bits per heavy atom. The summed E-state index contributed by atoms with van der Waals surface area (Å²) >= 11 is 0. The lowest BCUT2D eigenvalue weighted by Crippen LogP contribution is -2.38. The number of guanidine groups is 1. The van der Waals surface area contributed by atoms with E-state index in [1.54, 1.807) is 0 Å². The molecule has 4 nitrogen and oxygen atoms in total. The number of nitrogens with one attached hydrogen (secondary N) is 1. The van der Waals surface area contributed by atoms with Crippen LogP contribution in [0.15, 0.2) is 4.99 Å². The number of nitrogens with two attached hydrogens (primary N) is 1. The molecule has 0 aromatic heterocycles. The number of nitrogens with zero attached hydrogens (tertiary/aromatic N) is 2. The number of hydrogen-bond acceptors (Lipinski definition) is 2. The molecule has 18 heavy (non-hydrogen) atoms. The monoisotopic (exact) mass is 254 g/mol. The van der Waals surface area contributed by atoms with E-state index in [1.165, 1.54) is 25.7 Å². The van der Waals surface area contributed by atoms with Crippen LogP contribution in [-0.2, 0) is 0 Å². The molecule has 0 saturated heterocycles. The van der Waals surface area contributed by atoms with Gasteiger partial charge in [-0.1, -0.05) is 26.7 Å². The first-order valence-corrected chi connectivity index (χ1v) is 7.12. The molecule has 1 rings (SSSR count). The van der Waals surface area contributed by atoms with Gasteiger partial charge in [-0.15, -0.1) is 0 Å². The molecule has 0 spiro atoms. The van der Waals surface area contributed by atoms with Crippen LogP contribution in [0, 0.1) is 11.3 Å². The molecule has 0 aliphatic heterocycles. The van der Waals surface area contributed by atoms with E-state index in [0.717, 1.165) is 19.6 Å². The van der Waals surface area contributed by atoms with Crippen molar-refractivity contribution in [2.75, 3.05) is 33.7 Å². The number of rotatable bonds is 6. The summed E-state index contributed by atoms with van der Waals surface area (Å²) in [6.45, 7) is 7.22. The van der Waals surface area contributed by atoms with E-state index in [-0.39, 0.29) is 0 Å². The van der Waals surface area contributed by atoms with Crippen LogP contribution >= 0.6 is 0 Å². The second-order valence-corrected chi connectivity index (χ2v) is 6.42. The average Bonchev–Trinajstić information content (AvgIpc) is 2.71. The van der Waals surface area contributed by atoms with Crippen molar-refractivity contribution in [1.29, 1.82) is 0 Å². The van der Waals surface area contributed by atoms with Gasteiger partial charge in [0.2, 0.25) is 0 Å². The molecule has 1 aliphatic rings. The Labute approximate surface area is 112 Å². The molecule has 1 fully saturated rings. The van der Waals surface area contributed by atoms with Gasteiger partial charge in [0.15, 0.2) is 5.96 Å². The van der Waals surface area contributed by atoms with Gasteiger partial charge < -0.3 is 16.0 Å². The van der Waals surface area contributed by atoms with Crippen molar-refractivity contribution in [1.82, 2.24) is 10.2 Å². The summed E-state index contributed by atoms with van der Waals surface area (Å²) in [5.74, 6) is 1.20. The van der Waals surface area contributed by atoms with Crippen molar-refractivity contribution in [3.63, 3.8) is 0 Å². The highest BCUT2D eigenvalue weighted by Crippen LogP contribution is 2.38. The van der Waals surface area contributed by atoms with Crippen LogP contribution in [0.25, 0.3) is 0 Å². The normalized spacial score (nSPS) is 19.8.